The predicted octanol–water partition coefficient (Wildman–Crippen LogP) is 5.79. The number of carbonyl (C=O) groups is 1. The first-order valence-electron chi connectivity index (χ1n) is 7.69. The summed E-state index contributed by atoms with van der Waals surface area (Å²) in [7, 11) is 0. The lowest BCUT2D eigenvalue weighted by molar-refractivity contribution is -0.385. The molecule has 0 aliphatic heterocycles. The van der Waals surface area contributed by atoms with Crippen molar-refractivity contribution in [3.05, 3.63) is 75.3 Å². The van der Waals surface area contributed by atoms with Gasteiger partial charge in [0.1, 0.15) is 23.2 Å². The van der Waals surface area contributed by atoms with Crippen LogP contribution in [0.15, 0.2) is 49.1 Å². The van der Waals surface area contributed by atoms with E-state index in [4.69, 9.17) is 21.1 Å². The fourth-order valence-corrected chi connectivity index (χ4v) is 2.29. The van der Waals surface area contributed by atoms with Crippen LogP contribution in [-0.4, -0.2) is 17.0 Å². The van der Waals surface area contributed by atoms with Crippen LogP contribution < -0.4 is 4.74 Å². The molecule has 0 amide bonds. The molecule has 0 fully saturated rings. The van der Waals surface area contributed by atoms with Gasteiger partial charge < -0.3 is 9.47 Å². The van der Waals surface area contributed by atoms with Crippen LogP contribution in [0, 0.1) is 10.1 Å². The molecule has 1 atom stereocenters. The minimum absolute atomic E-state index is 0.0505. The number of nitro groups is 1. The van der Waals surface area contributed by atoms with Crippen LogP contribution in [0.1, 0.15) is 22.8 Å². The summed E-state index contributed by atoms with van der Waals surface area (Å²) in [5.74, 6) is -1.16. The fraction of sp³-hybridized carbons (Fsp3) is 0.167. The van der Waals surface area contributed by atoms with Gasteiger partial charge in [0.05, 0.1) is 15.5 Å². The standard InChI is InChI=1S/C18H13ClF3NO5/c1-3-10(2)27-17(24)13-9-12(5-6-15(13)23(25)26)28-16-7-4-11(8-14(16)19)18(20,21)22/h3-10H,1H2,2H3. The van der Waals surface area contributed by atoms with E-state index in [0.29, 0.717) is 6.07 Å². The van der Waals surface area contributed by atoms with Crippen LogP contribution in [0.25, 0.3) is 0 Å². The van der Waals surface area contributed by atoms with Gasteiger partial charge in [-0.05, 0) is 31.2 Å². The Hall–Kier alpha value is -3.07. The van der Waals surface area contributed by atoms with E-state index in [2.05, 4.69) is 6.58 Å². The van der Waals surface area contributed by atoms with Crippen molar-refractivity contribution < 1.29 is 32.4 Å². The average Bonchev–Trinajstić information content (AvgIpc) is 2.62. The Balaban J connectivity index is 2.37. The van der Waals surface area contributed by atoms with Gasteiger partial charge in [0.25, 0.3) is 5.69 Å². The Labute approximate surface area is 162 Å². The highest BCUT2D eigenvalue weighted by Gasteiger charge is 2.31. The summed E-state index contributed by atoms with van der Waals surface area (Å²) in [5, 5.41) is 10.8. The first-order chi connectivity index (χ1) is 13.0. The second kappa shape index (κ2) is 8.30. The number of ether oxygens (including phenoxy) is 2. The van der Waals surface area contributed by atoms with Crippen molar-refractivity contribution in [2.24, 2.45) is 0 Å². The molecule has 0 N–H and O–H groups in total. The van der Waals surface area contributed by atoms with E-state index in [9.17, 15) is 28.1 Å². The molecule has 0 bridgehead atoms. The summed E-state index contributed by atoms with van der Waals surface area (Å²) in [6, 6.07) is 5.70. The lowest BCUT2D eigenvalue weighted by Gasteiger charge is -2.13. The van der Waals surface area contributed by atoms with Crippen LogP contribution in [0.5, 0.6) is 11.5 Å². The third-order valence-corrected chi connectivity index (χ3v) is 3.79. The minimum Gasteiger partial charge on any atom is -0.456 e. The van der Waals surface area contributed by atoms with Crippen molar-refractivity contribution in [3.63, 3.8) is 0 Å². The summed E-state index contributed by atoms with van der Waals surface area (Å²) in [5.41, 5.74) is -1.87. The van der Waals surface area contributed by atoms with Crippen molar-refractivity contribution in [2.45, 2.75) is 19.2 Å². The molecule has 0 aliphatic rings. The molecule has 148 valence electrons. The smallest absolute Gasteiger partial charge is 0.416 e. The number of nitro benzene ring substituents is 1. The normalized spacial score (nSPS) is 12.2. The van der Waals surface area contributed by atoms with Crippen molar-refractivity contribution in [2.75, 3.05) is 0 Å². The highest BCUT2D eigenvalue weighted by molar-refractivity contribution is 6.32. The van der Waals surface area contributed by atoms with Gasteiger partial charge in [0, 0.05) is 12.1 Å². The van der Waals surface area contributed by atoms with Crippen LogP contribution >= 0.6 is 11.6 Å². The van der Waals surface area contributed by atoms with Gasteiger partial charge in [-0.15, -0.1) is 0 Å². The molecular weight excluding hydrogens is 403 g/mol. The van der Waals surface area contributed by atoms with Gasteiger partial charge in [0.2, 0.25) is 0 Å². The van der Waals surface area contributed by atoms with Crippen LogP contribution in [0.4, 0.5) is 18.9 Å². The molecule has 0 heterocycles. The summed E-state index contributed by atoms with van der Waals surface area (Å²) in [6.07, 6.45) is -3.94. The number of nitrogens with zero attached hydrogens (tertiary/aromatic N) is 1. The number of esters is 1. The largest absolute Gasteiger partial charge is 0.456 e. The third-order valence-electron chi connectivity index (χ3n) is 3.50. The Morgan fingerprint density at radius 3 is 2.50 bits per heavy atom. The zero-order valence-corrected chi connectivity index (χ0v) is 15.1. The van der Waals surface area contributed by atoms with E-state index in [1.165, 1.54) is 19.1 Å². The number of rotatable bonds is 6. The van der Waals surface area contributed by atoms with Gasteiger partial charge in [-0.2, -0.15) is 13.2 Å². The molecule has 0 saturated heterocycles. The second-order valence-electron chi connectivity index (χ2n) is 5.53. The molecule has 28 heavy (non-hydrogen) atoms. The van der Waals surface area contributed by atoms with Gasteiger partial charge in [-0.1, -0.05) is 24.3 Å². The molecule has 6 nitrogen and oxygen atoms in total. The topological polar surface area (TPSA) is 78.7 Å². The first kappa shape index (κ1) is 21.2. The molecule has 1 unspecified atom stereocenters. The number of hydrogen-bond donors (Lipinski definition) is 0. The summed E-state index contributed by atoms with van der Waals surface area (Å²) in [4.78, 5) is 22.6. The van der Waals surface area contributed by atoms with Crippen LogP contribution in [0.2, 0.25) is 5.02 Å². The van der Waals surface area contributed by atoms with Gasteiger partial charge in [-0.25, -0.2) is 4.79 Å². The maximum absolute atomic E-state index is 12.7. The lowest BCUT2D eigenvalue weighted by atomic mass is 10.1. The van der Waals surface area contributed by atoms with Gasteiger partial charge >= 0.3 is 12.1 Å². The molecular formula is C18H13ClF3NO5. The van der Waals surface area contributed by atoms with Crippen molar-refractivity contribution >= 4 is 23.3 Å². The molecule has 2 aromatic carbocycles. The van der Waals surface area contributed by atoms with Gasteiger partial charge in [0.15, 0.2) is 0 Å². The Morgan fingerprint density at radius 2 is 1.96 bits per heavy atom. The third kappa shape index (κ3) is 5.01. The molecule has 2 aromatic rings. The quantitative estimate of drug-likeness (QED) is 0.258. The molecule has 0 aliphatic carbocycles. The lowest BCUT2D eigenvalue weighted by Crippen LogP contribution is -2.14. The molecule has 0 spiro atoms. The second-order valence-corrected chi connectivity index (χ2v) is 5.93. The van der Waals surface area contributed by atoms with Crippen molar-refractivity contribution in [1.29, 1.82) is 0 Å². The van der Waals surface area contributed by atoms with Gasteiger partial charge in [-0.3, -0.25) is 10.1 Å². The van der Waals surface area contributed by atoms with Crippen LogP contribution in [-0.2, 0) is 10.9 Å². The van der Waals surface area contributed by atoms with E-state index in [1.807, 2.05) is 0 Å². The van der Waals surface area contributed by atoms with Crippen molar-refractivity contribution in [1.82, 2.24) is 0 Å². The Bertz CT molecular complexity index is 930. The highest BCUT2D eigenvalue weighted by atomic mass is 35.5. The van der Waals surface area contributed by atoms with E-state index in [-0.39, 0.29) is 22.1 Å². The van der Waals surface area contributed by atoms with E-state index >= 15 is 0 Å². The van der Waals surface area contributed by atoms with E-state index in [1.54, 1.807) is 0 Å². The van der Waals surface area contributed by atoms with E-state index < -0.39 is 34.4 Å². The number of halogens is 4. The highest BCUT2D eigenvalue weighted by Crippen LogP contribution is 2.37. The molecule has 10 heteroatoms. The van der Waals surface area contributed by atoms with Crippen molar-refractivity contribution in [3.8, 4) is 11.5 Å². The molecule has 0 saturated carbocycles. The SMILES string of the molecule is C=CC(C)OC(=O)c1cc(Oc2ccc(C(F)(F)F)cc2Cl)ccc1[N+](=O)[O-]. The fourth-order valence-electron chi connectivity index (χ4n) is 2.07. The van der Waals surface area contributed by atoms with Crippen LogP contribution in [0.3, 0.4) is 0 Å². The summed E-state index contributed by atoms with van der Waals surface area (Å²) >= 11 is 5.82. The predicted molar refractivity (Wildman–Crippen MR) is 94.7 cm³/mol. The van der Waals surface area contributed by atoms with E-state index in [0.717, 1.165) is 24.3 Å². The molecule has 0 radical (unpaired) electrons. The number of benzene rings is 2. The Morgan fingerprint density at radius 1 is 1.29 bits per heavy atom. The summed E-state index contributed by atoms with van der Waals surface area (Å²) < 4.78 is 48.5. The monoisotopic (exact) mass is 415 g/mol. The number of carbonyl (C=O) groups excluding carboxylic acids is 1. The zero-order valence-electron chi connectivity index (χ0n) is 14.3. The molecule has 0 aromatic heterocycles. The maximum atomic E-state index is 12.7. The number of hydrogen-bond acceptors (Lipinski definition) is 5. The average molecular weight is 416 g/mol. The minimum atomic E-state index is -4.58. The first-order valence-corrected chi connectivity index (χ1v) is 8.07. The number of alkyl halides is 3. The Kier molecular flexibility index (Phi) is 6.30. The maximum Gasteiger partial charge on any atom is 0.416 e. The molecule has 2 rings (SSSR count). The summed E-state index contributed by atoms with van der Waals surface area (Å²) in [6.45, 7) is 4.95. The zero-order chi connectivity index (χ0) is 21.1.